The van der Waals surface area contributed by atoms with Crippen LogP contribution >= 0.6 is 0 Å². The van der Waals surface area contributed by atoms with Gasteiger partial charge in [0.05, 0.1) is 0 Å². The molecular weight excluding hydrogens is 357 g/mol. The van der Waals surface area contributed by atoms with Crippen LogP contribution < -0.4 is 0 Å². The Balaban J connectivity index is -0.0000000581. The van der Waals surface area contributed by atoms with Crippen molar-refractivity contribution in [3.8, 4) is 0 Å². The van der Waals surface area contributed by atoms with Crippen LogP contribution in [0.2, 0.25) is 0 Å². The number of nitrogens with one attached hydrogen (secondary N) is 3. The molecule has 0 radical (unpaired) electrons. The Morgan fingerprint density at radius 3 is 0.933 bits per heavy atom. The van der Waals surface area contributed by atoms with Crippen LogP contribution in [-0.4, -0.2) is 25.2 Å². The van der Waals surface area contributed by atoms with Gasteiger partial charge >= 0.3 is 50.5 Å². The molecule has 0 amide bonds. The molecule has 0 fully saturated rings. The Morgan fingerprint density at radius 1 is 0.867 bits per heavy atom. The van der Waals surface area contributed by atoms with Crippen molar-refractivity contribution in [1.82, 2.24) is 0 Å². The van der Waals surface area contributed by atoms with E-state index in [0.29, 0.717) is 19.6 Å². The summed E-state index contributed by atoms with van der Waals surface area (Å²) in [6, 6.07) is 0. The number of nitrogens with zero attached hydrogens (tertiary/aromatic N) is 1. The van der Waals surface area contributed by atoms with Gasteiger partial charge in [-0.1, -0.05) is 20.8 Å². The largest absolute Gasteiger partial charge is 0.678 e. The zero-order chi connectivity index (χ0) is 13.3. The first-order valence-electron chi connectivity index (χ1n) is 5.11. The molecule has 15 heavy (non-hydrogen) atoms. The molecule has 0 aliphatic heterocycles. The molecule has 0 bridgehead atoms. The van der Waals surface area contributed by atoms with E-state index in [2.05, 4.69) is 24.1 Å². The fourth-order valence-electron chi connectivity index (χ4n) is 0. The molecule has 0 aliphatic carbocycles. The summed E-state index contributed by atoms with van der Waals surface area (Å²) >= 11 is 1.15. The molecule has 5 heteroatoms. The average Bonchev–Trinajstić information content (AvgIpc) is 2.07. The molecule has 0 rings (SSSR count). The van der Waals surface area contributed by atoms with E-state index in [9.17, 15) is 0 Å². The number of hydrogen-bond acceptors (Lipinski definition) is 1. The van der Waals surface area contributed by atoms with E-state index in [0.717, 1.165) is 20.9 Å². The van der Waals surface area contributed by atoms with Crippen molar-refractivity contribution >= 4 is 0 Å². The van der Waals surface area contributed by atoms with E-state index in [1.54, 1.807) is 20.8 Å². The van der Waals surface area contributed by atoms with Gasteiger partial charge in [-0.25, -0.2) is 0 Å². The van der Waals surface area contributed by atoms with Crippen LogP contribution in [0.3, 0.4) is 0 Å². The van der Waals surface area contributed by atoms with Crippen molar-refractivity contribution in [2.75, 3.05) is 19.6 Å². The molecule has 0 heterocycles. The van der Waals surface area contributed by atoms with Gasteiger partial charge in [0.2, 0.25) is 0 Å². The summed E-state index contributed by atoms with van der Waals surface area (Å²) in [4.78, 5) is 0. The van der Waals surface area contributed by atoms with Crippen LogP contribution in [0, 0.1) is 0 Å². The summed E-state index contributed by atoms with van der Waals surface area (Å²) in [5.41, 5.74) is 18.8. The third kappa shape index (κ3) is 190. The second-order valence-electron chi connectivity index (χ2n) is 3.33. The standard InChI is InChI=1S/C4H9N.3C2H6N.Ta/c1-4(2,3)5;3*1-2-3;/h1-3H3;3*3H,2H2,1H3;/q;3*-1;. The first-order valence-corrected chi connectivity index (χ1v) is 6.54. The Hall–Kier alpha value is 0.420. The maximum Gasteiger partial charge on any atom is -0.0845 e. The molecule has 0 aromatic carbocycles. The molecule has 0 unspecified atom stereocenters. The van der Waals surface area contributed by atoms with Crippen molar-refractivity contribution < 1.29 is 20.9 Å². The molecule has 4 nitrogen and oxygen atoms in total. The minimum absolute atomic E-state index is 0.216. The fraction of sp³-hybridized carbons (Fsp3) is 1.00. The van der Waals surface area contributed by atoms with E-state index < -0.39 is 0 Å². The van der Waals surface area contributed by atoms with Gasteiger partial charge in [0.1, 0.15) is 0 Å². The van der Waals surface area contributed by atoms with Gasteiger partial charge in [-0.15, -0.1) is 0 Å². The molecule has 0 spiro atoms. The maximum absolute atomic E-state index is 6.21. The molecule has 0 saturated carbocycles. The van der Waals surface area contributed by atoms with E-state index in [1.807, 2.05) is 0 Å². The Morgan fingerprint density at radius 2 is 0.933 bits per heavy atom. The van der Waals surface area contributed by atoms with Gasteiger partial charge in [0, 0.05) is 0 Å². The molecular formula is C10H27N4Ta-3. The van der Waals surface area contributed by atoms with Gasteiger partial charge in [-0.3, -0.25) is 0 Å². The van der Waals surface area contributed by atoms with Crippen LogP contribution in [0.15, 0.2) is 3.34 Å². The summed E-state index contributed by atoms with van der Waals surface area (Å²) in [6.07, 6.45) is 0. The summed E-state index contributed by atoms with van der Waals surface area (Å²) in [5.74, 6) is 0. The minimum Gasteiger partial charge on any atom is -0.678 e. The minimum atomic E-state index is 0.216. The average molecular weight is 384 g/mol. The molecule has 0 atom stereocenters. The van der Waals surface area contributed by atoms with Crippen molar-refractivity contribution in [2.24, 2.45) is 3.34 Å². The zero-order valence-corrected chi connectivity index (χ0v) is 14.2. The first-order chi connectivity index (χ1) is 6.80. The summed E-state index contributed by atoms with van der Waals surface area (Å²) in [7, 11) is 0. The van der Waals surface area contributed by atoms with Crippen LogP contribution in [0.5, 0.6) is 0 Å². The quantitative estimate of drug-likeness (QED) is 0.580. The van der Waals surface area contributed by atoms with Gasteiger partial charge in [0.25, 0.3) is 0 Å². The van der Waals surface area contributed by atoms with Gasteiger partial charge in [0.15, 0.2) is 0 Å². The first kappa shape index (κ1) is 24.6. The second-order valence-corrected chi connectivity index (χ2v) is 4.05. The Kier molecular flexibility index (Phi) is 39.2. The Labute approximate surface area is 108 Å². The van der Waals surface area contributed by atoms with Crippen LogP contribution in [-0.2, 0) is 20.9 Å². The molecule has 0 aromatic rings. The normalized spacial score (nSPS) is 8.00. The van der Waals surface area contributed by atoms with Gasteiger partial charge in [-0.2, -0.15) is 19.6 Å². The zero-order valence-electron chi connectivity index (χ0n) is 11.0. The van der Waals surface area contributed by atoms with Crippen molar-refractivity contribution in [2.45, 2.75) is 47.1 Å². The third-order valence-electron chi connectivity index (χ3n) is 0.300. The maximum atomic E-state index is 6.21. The molecule has 95 valence electrons. The SMILES string of the molecule is CC(C)(C)[N]=[Ta].CC[NH-].CC[NH-].CC[NH-]. The van der Waals surface area contributed by atoms with E-state index in [4.69, 9.17) is 17.2 Å². The van der Waals surface area contributed by atoms with Crippen LogP contribution in [0.25, 0.3) is 17.2 Å². The molecule has 0 aromatic heterocycles. The van der Waals surface area contributed by atoms with E-state index >= 15 is 0 Å². The monoisotopic (exact) mass is 384 g/mol. The summed E-state index contributed by atoms with van der Waals surface area (Å²) < 4.78 is 4.13. The van der Waals surface area contributed by atoms with Crippen molar-refractivity contribution in [1.29, 1.82) is 0 Å². The summed E-state index contributed by atoms with van der Waals surface area (Å²) in [6.45, 7) is 13.2. The topological polar surface area (TPSA) is 83.8 Å². The molecule has 0 aliphatic rings. The molecule has 3 N–H and O–H groups in total. The predicted molar refractivity (Wildman–Crippen MR) is 66.8 cm³/mol. The predicted octanol–water partition coefficient (Wildman–Crippen LogP) is 4.69. The Bertz CT molecular complexity index is 87.2. The summed E-state index contributed by atoms with van der Waals surface area (Å²) in [5, 5.41) is 0. The van der Waals surface area contributed by atoms with Crippen LogP contribution in [0.4, 0.5) is 0 Å². The third-order valence-corrected chi connectivity index (χ3v) is 2.46. The van der Waals surface area contributed by atoms with Crippen molar-refractivity contribution in [3.05, 3.63) is 17.2 Å². The van der Waals surface area contributed by atoms with Crippen LogP contribution in [0.1, 0.15) is 41.5 Å². The fourth-order valence-corrected chi connectivity index (χ4v) is 0. The van der Waals surface area contributed by atoms with Gasteiger partial charge < -0.3 is 17.2 Å². The van der Waals surface area contributed by atoms with E-state index in [1.165, 1.54) is 0 Å². The number of rotatable bonds is 0. The number of hydrogen-bond donors (Lipinski definition) is 0. The van der Waals surface area contributed by atoms with E-state index in [-0.39, 0.29) is 5.54 Å². The smallest absolute Gasteiger partial charge is 0.0845 e. The van der Waals surface area contributed by atoms with Gasteiger partial charge in [-0.05, 0) is 0 Å². The molecule has 0 saturated heterocycles. The van der Waals surface area contributed by atoms with Crippen molar-refractivity contribution in [3.63, 3.8) is 0 Å². The second kappa shape index (κ2) is 23.9.